The zero-order valence-corrected chi connectivity index (χ0v) is 9.92. The first-order valence-corrected chi connectivity index (χ1v) is 6.14. The van der Waals surface area contributed by atoms with Gasteiger partial charge in [-0.2, -0.15) is 0 Å². The lowest BCUT2D eigenvalue weighted by Crippen LogP contribution is -2.42. The van der Waals surface area contributed by atoms with Gasteiger partial charge in [0.25, 0.3) is 0 Å². The maximum absolute atomic E-state index is 9.31. The summed E-state index contributed by atoms with van der Waals surface area (Å²) in [6.45, 7) is 0.923. The highest BCUT2D eigenvalue weighted by Crippen LogP contribution is 2.30. The highest BCUT2D eigenvalue weighted by molar-refractivity contribution is 5.46. The molecule has 0 spiro atoms. The molecule has 1 aliphatic carbocycles. The number of aliphatic hydroxyl groups is 2. The number of rotatable bonds is 6. The predicted molar refractivity (Wildman–Crippen MR) is 64.6 cm³/mol. The Morgan fingerprint density at radius 3 is 2.76 bits per heavy atom. The van der Waals surface area contributed by atoms with Gasteiger partial charge in [0, 0.05) is 31.0 Å². The molecule has 0 radical (unpaired) electrons. The van der Waals surface area contributed by atoms with E-state index in [9.17, 15) is 5.11 Å². The number of nitrogens with zero attached hydrogens (tertiary/aromatic N) is 3. The van der Waals surface area contributed by atoms with Crippen LogP contribution >= 0.6 is 0 Å². The van der Waals surface area contributed by atoms with Gasteiger partial charge in [0.2, 0.25) is 0 Å². The highest BCUT2D eigenvalue weighted by Gasteiger charge is 2.26. The summed E-state index contributed by atoms with van der Waals surface area (Å²) in [7, 11) is 0. The average Bonchev–Trinajstić information content (AvgIpc) is 2.32. The highest BCUT2D eigenvalue weighted by atomic mass is 16.3. The van der Waals surface area contributed by atoms with Gasteiger partial charge in [-0.3, -0.25) is 0 Å². The smallest absolute Gasteiger partial charge is 0.137 e. The molecule has 1 aliphatic rings. The van der Waals surface area contributed by atoms with E-state index in [1.54, 1.807) is 6.20 Å². The summed E-state index contributed by atoms with van der Waals surface area (Å²) in [5, 5.41) is 18.3. The molecule has 2 N–H and O–H groups in total. The molecule has 0 atom stereocenters. The quantitative estimate of drug-likeness (QED) is 0.762. The molecule has 1 saturated carbocycles. The molecule has 5 heteroatoms. The summed E-state index contributed by atoms with van der Waals surface area (Å²) in [4.78, 5) is 10.4. The van der Waals surface area contributed by atoms with Crippen LogP contribution in [-0.4, -0.2) is 39.4 Å². The van der Waals surface area contributed by atoms with Crippen molar-refractivity contribution in [3.8, 4) is 0 Å². The fourth-order valence-electron chi connectivity index (χ4n) is 2.12. The van der Waals surface area contributed by atoms with Crippen molar-refractivity contribution in [3.05, 3.63) is 18.1 Å². The van der Waals surface area contributed by atoms with Crippen LogP contribution in [0.4, 0.5) is 5.82 Å². The Kier molecular flexibility index (Phi) is 4.28. The molecule has 5 nitrogen and oxygen atoms in total. The molecule has 0 aliphatic heterocycles. The topological polar surface area (TPSA) is 69.5 Å². The van der Waals surface area contributed by atoms with Crippen LogP contribution in [0.1, 0.15) is 31.2 Å². The summed E-state index contributed by atoms with van der Waals surface area (Å²) in [6.07, 6.45) is 7.48. The Balaban J connectivity index is 2.17. The van der Waals surface area contributed by atoms with E-state index < -0.39 is 0 Å². The molecular weight excluding hydrogens is 218 g/mol. The van der Waals surface area contributed by atoms with Crippen LogP contribution in [0, 0.1) is 0 Å². The van der Waals surface area contributed by atoms with Gasteiger partial charge in [0.1, 0.15) is 12.1 Å². The van der Waals surface area contributed by atoms with Crippen molar-refractivity contribution in [1.82, 2.24) is 9.97 Å². The molecule has 0 saturated heterocycles. The lowest BCUT2D eigenvalue weighted by Gasteiger charge is -2.39. The second kappa shape index (κ2) is 5.93. The third kappa shape index (κ3) is 2.73. The van der Waals surface area contributed by atoms with Crippen LogP contribution in [-0.2, 0) is 6.61 Å². The van der Waals surface area contributed by atoms with Crippen LogP contribution < -0.4 is 4.90 Å². The first-order valence-electron chi connectivity index (χ1n) is 6.14. The molecule has 94 valence electrons. The molecule has 0 aromatic carbocycles. The molecule has 1 aromatic heterocycles. The molecule has 1 aromatic rings. The predicted octanol–water partition coefficient (Wildman–Crippen LogP) is 0.710. The van der Waals surface area contributed by atoms with Gasteiger partial charge in [-0.1, -0.05) is 0 Å². The summed E-state index contributed by atoms with van der Waals surface area (Å²) < 4.78 is 0. The SMILES string of the molecule is OCCCN(c1ncncc1CO)C1CCC1. The number of hydrogen-bond donors (Lipinski definition) is 2. The van der Waals surface area contributed by atoms with Crippen molar-refractivity contribution in [2.45, 2.75) is 38.3 Å². The molecular formula is C12H19N3O2. The number of aliphatic hydroxyl groups excluding tert-OH is 2. The van der Waals surface area contributed by atoms with Gasteiger partial charge in [-0.25, -0.2) is 9.97 Å². The van der Waals surface area contributed by atoms with Crippen LogP contribution in [0.2, 0.25) is 0 Å². The van der Waals surface area contributed by atoms with Crippen molar-refractivity contribution in [3.63, 3.8) is 0 Å². The monoisotopic (exact) mass is 237 g/mol. The third-order valence-corrected chi connectivity index (χ3v) is 3.28. The lowest BCUT2D eigenvalue weighted by atomic mass is 9.91. The number of anilines is 1. The Morgan fingerprint density at radius 2 is 2.18 bits per heavy atom. The molecule has 17 heavy (non-hydrogen) atoms. The van der Waals surface area contributed by atoms with Gasteiger partial charge in [0.05, 0.1) is 6.61 Å². The first-order chi connectivity index (χ1) is 8.36. The summed E-state index contributed by atoms with van der Waals surface area (Å²) in [5.41, 5.74) is 0.761. The van der Waals surface area contributed by atoms with Crippen molar-refractivity contribution in [2.24, 2.45) is 0 Å². The Hall–Kier alpha value is -1.20. The van der Waals surface area contributed by atoms with E-state index >= 15 is 0 Å². The largest absolute Gasteiger partial charge is 0.396 e. The second-order valence-corrected chi connectivity index (χ2v) is 4.38. The van der Waals surface area contributed by atoms with Gasteiger partial charge in [-0.05, 0) is 25.7 Å². The summed E-state index contributed by atoms with van der Waals surface area (Å²) >= 11 is 0. The fourth-order valence-corrected chi connectivity index (χ4v) is 2.12. The van der Waals surface area contributed by atoms with E-state index in [0.29, 0.717) is 6.04 Å². The lowest BCUT2D eigenvalue weighted by molar-refractivity contribution is 0.275. The van der Waals surface area contributed by atoms with Crippen molar-refractivity contribution < 1.29 is 10.2 Å². The maximum Gasteiger partial charge on any atom is 0.137 e. The minimum atomic E-state index is -0.0431. The van der Waals surface area contributed by atoms with Crippen molar-refractivity contribution in [1.29, 1.82) is 0 Å². The van der Waals surface area contributed by atoms with Crippen molar-refractivity contribution >= 4 is 5.82 Å². The normalized spacial score (nSPS) is 15.6. The standard InChI is InChI=1S/C12H19N3O2/c16-6-2-5-15(11-3-1-4-11)12-10(8-17)7-13-9-14-12/h7,9,11,16-17H,1-6,8H2. The van der Waals surface area contributed by atoms with E-state index in [-0.39, 0.29) is 13.2 Å². The van der Waals surface area contributed by atoms with Crippen LogP contribution in [0.3, 0.4) is 0 Å². The van der Waals surface area contributed by atoms with Gasteiger partial charge in [0.15, 0.2) is 0 Å². The summed E-state index contributed by atoms with van der Waals surface area (Å²) in [6, 6.07) is 0.502. The number of hydrogen-bond acceptors (Lipinski definition) is 5. The Morgan fingerprint density at radius 1 is 1.35 bits per heavy atom. The third-order valence-electron chi connectivity index (χ3n) is 3.28. The molecule has 0 unspecified atom stereocenters. The van der Waals surface area contributed by atoms with Gasteiger partial charge < -0.3 is 15.1 Å². The second-order valence-electron chi connectivity index (χ2n) is 4.38. The van der Waals surface area contributed by atoms with E-state index in [1.807, 2.05) is 0 Å². The van der Waals surface area contributed by atoms with E-state index in [2.05, 4.69) is 14.9 Å². The van der Waals surface area contributed by atoms with Gasteiger partial charge in [-0.15, -0.1) is 0 Å². The van der Waals surface area contributed by atoms with E-state index in [1.165, 1.54) is 25.6 Å². The first kappa shape index (κ1) is 12.3. The van der Waals surface area contributed by atoms with E-state index in [4.69, 9.17) is 5.11 Å². The number of aromatic nitrogens is 2. The minimum Gasteiger partial charge on any atom is -0.396 e. The fraction of sp³-hybridized carbons (Fsp3) is 0.667. The van der Waals surface area contributed by atoms with Crippen molar-refractivity contribution in [2.75, 3.05) is 18.1 Å². The molecule has 2 rings (SSSR count). The van der Waals surface area contributed by atoms with Crippen LogP contribution in [0.25, 0.3) is 0 Å². The minimum absolute atomic E-state index is 0.0431. The summed E-state index contributed by atoms with van der Waals surface area (Å²) in [5.74, 6) is 0.820. The molecule has 0 amide bonds. The van der Waals surface area contributed by atoms with Gasteiger partial charge >= 0.3 is 0 Å². The zero-order chi connectivity index (χ0) is 12.1. The zero-order valence-electron chi connectivity index (χ0n) is 9.92. The van der Waals surface area contributed by atoms with E-state index in [0.717, 1.165) is 24.3 Å². The maximum atomic E-state index is 9.31. The Bertz CT molecular complexity index is 355. The van der Waals surface area contributed by atoms with Crippen LogP contribution in [0.5, 0.6) is 0 Å². The Labute approximate surface area is 101 Å². The molecule has 1 fully saturated rings. The molecule has 0 bridgehead atoms. The van der Waals surface area contributed by atoms with Crippen LogP contribution in [0.15, 0.2) is 12.5 Å². The molecule has 1 heterocycles. The average molecular weight is 237 g/mol.